The summed E-state index contributed by atoms with van der Waals surface area (Å²) in [5, 5.41) is 5.51. The summed E-state index contributed by atoms with van der Waals surface area (Å²) >= 11 is 0. The van der Waals surface area contributed by atoms with Crippen molar-refractivity contribution in [3.63, 3.8) is 0 Å². The van der Waals surface area contributed by atoms with Crippen LogP contribution < -0.4 is 10.6 Å². The van der Waals surface area contributed by atoms with Gasteiger partial charge in [0.05, 0.1) is 0 Å². The first-order valence-electron chi connectivity index (χ1n) is 8.61. The van der Waals surface area contributed by atoms with Gasteiger partial charge in [-0.15, -0.1) is 0 Å². The third-order valence-electron chi connectivity index (χ3n) is 5.04. The van der Waals surface area contributed by atoms with Gasteiger partial charge in [0.1, 0.15) is 17.4 Å². The van der Waals surface area contributed by atoms with Gasteiger partial charge in [0.25, 0.3) is 5.91 Å². The zero-order chi connectivity index (χ0) is 18.0. The average Bonchev–Trinajstić information content (AvgIpc) is 3.14. The van der Waals surface area contributed by atoms with Gasteiger partial charge in [-0.25, -0.2) is 14.1 Å². The summed E-state index contributed by atoms with van der Waals surface area (Å²) in [4.78, 5) is 38.2. The number of imide groups is 1. The van der Waals surface area contributed by atoms with Gasteiger partial charge in [0, 0.05) is 6.54 Å². The number of amides is 4. The standard InChI is InChI=1S/C18H22FN3O3/c1-12(15(23)20-11-8-13-4-6-14(19)7-5-13)22-16(24)18(21-17(22)25)9-2-3-10-18/h4-7,12H,2-3,8-11H2,1H3,(H,20,23)(H,21,25). The summed E-state index contributed by atoms with van der Waals surface area (Å²) < 4.78 is 12.9. The van der Waals surface area contributed by atoms with E-state index in [0.29, 0.717) is 25.8 Å². The van der Waals surface area contributed by atoms with Crippen molar-refractivity contribution in [2.75, 3.05) is 6.54 Å². The lowest BCUT2D eigenvalue weighted by Gasteiger charge is -2.23. The average molecular weight is 347 g/mol. The van der Waals surface area contributed by atoms with E-state index in [1.54, 1.807) is 19.1 Å². The Bertz CT molecular complexity index is 683. The highest BCUT2D eigenvalue weighted by Crippen LogP contribution is 2.35. The highest BCUT2D eigenvalue weighted by atomic mass is 19.1. The summed E-state index contributed by atoms with van der Waals surface area (Å²) in [5.41, 5.74) is 0.0916. The first kappa shape index (κ1) is 17.4. The van der Waals surface area contributed by atoms with Crippen LogP contribution in [-0.2, 0) is 16.0 Å². The second-order valence-corrected chi connectivity index (χ2v) is 6.74. The number of hydrogen-bond acceptors (Lipinski definition) is 3. The minimum absolute atomic E-state index is 0.295. The molecule has 1 saturated heterocycles. The fourth-order valence-electron chi connectivity index (χ4n) is 3.56. The maximum Gasteiger partial charge on any atom is 0.325 e. The van der Waals surface area contributed by atoms with E-state index in [1.807, 2.05) is 0 Å². The van der Waals surface area contributed by atoms with Gasteiger partial charge in [-0.05, 0) is 43.9 Å². The zero-order valence-electron chi connectivity index (χ0n) is 14.2. The molecule has 4 amide bonds. The highest BCUT2D eigenvalue weighted by Gasteiger charge is 2.54. The van der Waals surface area contributed by atoms with E-state index >= 15 is 0 Å². The van der Waals surface area contributed by atoms with E-state index < -0.39 is 17.6 Å². The Labute approximate surface area is 145 Å². The smallest absolute Gasteiger partial charge is 0.325 e. The Hall–Kier alpha value is -2.44. The molecule has 1 aromatic rings. The van der Waals surface area contributed by atoms with Gasteiger partial charge in [-0.1, -0.05) is 25.0 Å². The van der Waals surface area contributed by atoms with Crippen LogP contribution in [0.5, 0.6) is 0 Å². The van der Waals surface area contributed by atoms with Crippen LogP contribution in [0.4, 0.5) is 9.18 Å². The third kappa shape index (κ3) is 3.36. The molecule has 2 fully saturated rings. The SMILES string of the molecule is CC(C(=O)NCCc1ccc(F)cc1)N1C(=O)NC2(CCCC2)C1=O. The summed E-state index contributed by atoms with van der Waals surface area (Å²) in [5.74, 6) is -0.974. The van der Waals surface area contributed by atoms with Crippen LogP contribution in [0, 0.1) is 5.82 Å². The number of hydrogen-bond donors (Lipinski definition) is 2. The van der Waals surface area contributed by atoms with Crippen LogP contribution in [0.15, 0.2) is 24.3 Å². The Morgan fingerprint density at radius 3 is 2.56 bits per heavy atom. The number of urea groups is 1. The molecule has 1 atom stereocenters. The maximum atomic E-state index is 12.9. The van der Waals surface area contributed by atoms with Crippen molar-refractivity contribution in [3.05, 3.63) is 35.6 Å². The quantitative estimate of drug-likeness (QED) is 0.797. The van der Waals surface area contributed by atoms with E-state index in [-0.39, 0.29) is 17.6 Å². The molecule has 25 heavy (non-hydrogen) atoms. The molecule has 1 heterocycles. The highest BCUT2D eigenvalue weighted by molar-refractivity contribution is 6.09. The van der Waals surface area contributed by atoms with Crippen LogP contribution in [0.25, 0.3) is 0 Å². The lowest BCUT2D eigenvalue weighted by Crippen LogP contribution is -2.50. The molecule has 1 aliphatic heterocycles. The summed E-state index contributed by atoms with van der Waals surface area (Å²) in [6.45, 7) is 1.91. The Morgan fingerprint density at radius 2 is 1.92 bits per heavy atom. The van der Waals surface area contributed by atoms with Gasteiger partial charge in [0.15, 0.2) is 0 Å². The lowest BCUT2D eigenvalue weighted by molar-refractivity contribution is -0.137. The summed E-state index contributed by atoms with van der Waals surface area (Å²) in [7, 11) is 0. The molecule has 0 aromatic heterocycles. The van der Waals surface area contributed by atoms with Crippen LogP contribution in [-0.4, -0.2) is 40.9 Å². The van der Waals surface area contributed by atoms with Gasteiger partial charge >= 0.3 is 6.03 Å². The van der Waals surface area contributed by atoms with Gasteiger partial charge in [-0.3, -0.25) is 9.59 Å². The van der Waals surface area contributed by atoms with Crippen LogP contribution in [0.1, 0.15) is 38.2 Å². The number of carbonyl (C=O) groups is 3. The molecule has 1 aliphatic carbocycles. The normalized spacial score (nSPS) is 20.0. The number of halogens is 1. The van der Waals surface area contributed by atoms with Crippen molar-refractivity contribution in [2.24, 2.45) is 0 Å². The van der Waals surface area contributed by atoms with Gasteiger partial charge in [0.2, 0.25) is 5.91 Å². The van der Waals surface area contributed by atoms with Crippen molar-refractivity contribution in [1.29, 1.82) is 0 Å². The van der Waals surface area contributed by atoms with Crippen LogP contribution >= 0.6 is 0 Å². The second kappa shape index (κ2) is 6.82. The number of rotatable bonds is 5. The number of benzene rings is 1. The minimum atomic E-state index is -0.860. The van der Waals surface area contributed by atoms with E-state index in [1.165, 1.54) is 12.1 Å². The molecule has 7 heteroatoms. The topological polar surface area (TPSA) is 78.5 Å². The molecule has 1 unspecified atom stereocenters. The largest absolute Gasteiger partial charge is 0.354 e. The molecule has 134 valence electrons. The van der Waals surface area contributed by atoms with Crippen molar-refractivity contribution in [2.45, 2.75) is 50.6 Å². The molecule has 1 aromatic carbocycles. The maximum absolute atomic E-state index is 12.9. The van der Waals surface area contributed by atoms with Crippen molar-refractivity contribution in [3.8, 4) is 0 Å². The molecule has 0 bridgehead atoms. The molecule has 0 radical (unpaired) electrons. The Morgan fingerprint density at radius 1 is 1.28 bits per heavy atom. The van der Waals surface area contributed by atoms with E-state index in [9.17, 15) is 18.8 Å². The van der Waals surface area contributed by atoms with E-state index in [4.69, 9.17) is 0 Å². The second-order valence-electron chi connectivity index (χ2n) is 6.74. The monoisotopic (exact) mass is 347 g/mol. The molecular formula is C18H22FN3O3. The van der Waals surface area contributed by atoms with Crippen molar-refractivity contribution >= 4 is 17.8 Å². The first-order chi connectivity index (χ1) is 11.9. The Balaban J connectivity index is 1.56. The van der Waals surface area contributed by atoms with Gasteiger partial charge < -0.3 is 10.6 Å². The first-order valence-corrected chi connectivity index (χ1v) is 8.61. The minimum Gasteiger partial charge on any atom is -0.354 e. The Kier molecular flexibility index (Phi) is 4.74. The predicted octanol–water partition coefficient (Wildman–Crippen LogP) is 1.74. The summed E-state index contributed by atoms with van der Waals surface area (Å²) in [6.07, 6.45) is 3.61. The van der Waals surface area contributed by atoms with E-state index in [2.05, 4.69) is 10.6 Å². The molecular weight excluding hydrogens is 325 g/mol. The van der Waals surface area contributed by atoms with Crippen molar-refractivity contribution < 1.29 is 18.8 Å². The number of nitrogens with one attached hydrogen (secondary N) is 2. The van der Waals surface area contributed by atoms with Crippen LogP contribution in [0.3, 0.4) is 0 Å². The lowest BCUT2D eigenvalue weighted by atomic mass is 9.97. The third-order valence-corrected chi connectivity index (χ3v) is 5.04. The fourth-order valence-corrected chi connectivity index (χ4v) is 3.56. The van der Waals surface area contributed by atoms with Crippen LogP contribution in [0.2, 0.25) is 0 Å². The molecule has 1 spiro atoms. The molecule has 1 saturated carbocycles. The number of nitrogens with zero attached hydrogens (tertiary/aromatic N) is 1. The molecule has 2 N–H and O–H groups in total. The van der Waals surface area contributed by atoms with Gasteiger partial charge in [-0.2, -0.15) is 0 Å². The fraction of sp³-hybridized carbons (Fsp3) is 0.500. The molecule has 3 rings (SSSR count). The predicted molar refractivity (Wildman–Crippen MR) is 89.2 cm³/mol. The number of carbonyl (C=O) groups excluding carboxylic acids is 3. The zero-order valence-corrected chi connectivity index (χ0v) is 14.2. The van der Waals surface area contributed by atoms with Crippen molar-refractivity contribution in [1.82, 2.24) is 15.5 Å². The molecule has 6 nitrogen and oxygen atoms in total. The molecule has 2 aliphatic rings. The summed E-state index contributed by atoms with van der Waals surface area (Å²) in [6, 6.07) is 4.70. The van der Waals surface area contributed by atoms with E-state index in [0.717, 1.165) is 23.3 Å².